The monoisotopic (exact) mass is 340 g/mol. The zero-order valence-electron chi connectivity index (χ0n) is 13.5. The van der Waals surface area contributed by atoms with Crippen LogP contribution in [0.25, 0.3) is 0 Å². The number of nitrogens with zero attached hydrogens (tertiary/aromatic N) is 1. The molecule has 3 heteroatoms. The summed E-state index contributed by atoms with van der Waals surface area (Å²) in [7, 11) is 2.18. The Morgan fingerprint density at radius 2 is 1.95 bits per heavy atom. The highest BCUT2D eigenvalue weighted by Gasteiger charge is 2.14. The van der Waals surface area contributed by atoms with Crippen molar-refractivity contribution in [1.82, 2.24) is 5.32 Å². The zero-order valence-corrected chi connectivity index (χ0v) is 15.1. The van der Waals surface area contributed by atoms with Gasteiger partial charge in [0.2, 0.25) is 0 Å². The molecule has 20 heavy (non-hydrogen) atoms. The molecule has 0 bridgehead atoms. The lowest BCUT2D eigenvalue weighted by molar-refractivity contribution is 0.504. The minimum Gasteiger partial charge on any atom is -0.371 e. The lowest BCUT2D eigenvalue weighted by atomic mass is 10.0. The molecule has 1 N–H and O–H groups in total. The summed E-state index contributed by atoms with van der Waals surface area (Å²) in [5, 5.41) is 3.44. The molecule has 0 saturated heterocycles. The van der Waals surface area contributed by atoms with E-state index in [0.29, 0.717) is 6.04 Å². The third-order valence-corrected chi connectivity index (χ3v) is 4.26. The van der Waals surface area contributed by atoms with Crippen molar-refractivity contribution in [2.24, 2.45) is 5.92 Å². The molecule has 0 heterocycles. The SMILES string of the molecule is CCCNCc1ccc(N(C)C(C)CC(C)C)c(Br)c1. The molecule has 1 rings (SSSR count). The second kappa shape index (κ2) is 8.68. The Morgan fingerprint density at radius 3 is 2.50 bits per heavy atom. The van der Waals surface area contributed by atoms with Crippen LogP contribution in [0.4, 0.5) is 5.69 Å². The molecule has 0 spiro atoms. The summed E-state index contributed by atoms with van der Waals surface area (Å²) >= 11 is 3.72. The lowest BCUT2D eigenvalue weighted by Gasteiger charge is -2.29. The predicted molar refractivity (Wildman–Crippen MR) is 93.5 cm³/mol. The summed E-state index contributed by atoms with van der Waals surface area (Å²) in [5.41, 5.74) is 2.61. The summed E-state index contributed by atoms with van der Waals surface area (Å²) in [6, 6.07) is 7.23. The van der Waals surface area contributed by atoms with Crippen molar-refractivity contribution in [3.63, 3.8) is 0 Å². The first kappa shape index (κ1) is 17.5. The van der Waals surface area contributed by atoms with E-state index >= 15 is 0 Å². The largest absolute Gasteiger partial charge is 0.371 e. The van der Waals surface area contributed by atoms with Gasteiger partial charge in [0.1, 0.15) is 0 Å². The number of anilines is 1. The van der Waals surface area contributed by atoms with Crippen LogP contribution in [-0.4, -0.2) is 19.6 Å². The van der Waals surface area contributed by atoms with Crippen LogP contribution in [0, 0.1) is 5.92 Å². The molecule has 0 aromatic heterocycles. The predicted octanol–water partition coefficient (Wildman–Crippen LogP) is 4.82. The maximum atomic E-state index is 3.72. The molecule has 1 atom stereocenters. The van der Waals surface area contributed by atoms with Crippen molar-refractivity contribution in [2.45, 2.75) is 53.1 Å². The number of rotatable bonds is 8. The highest BCUT2D eigenvalue weighted by molar-refractivity contribution is 9.10. The van der Waals surface area contributed by atoms with Gasteiger partial charge in [0.25, 0.3) is 0 Å². The normalized spacial score (nSPS) is 12.8. The molecule has 0 saturated carbocycles. The van der Waals surface area contributed by atoms with Gasteiger partial charge in [0.15, 0.2) is 0 Å². The van der Waals surface area contributed by atoms with Gasteiger partial charge in [-0.3, -0.25) is 0 Å². The van der Waals surface area contributed by atoms with Gasteiger partial charge < -0.3 is 10.2 Å². The minimum atomic E-state index is 0.551. The van der Waals surface area contributed by atoms with Gasteiger partial charge >= 0.3 is 0 Å². The van der Waals surface area contributed by atoms with E-state index in [1.54, 1.807) is 0 Å². The van der Waals surface area contributed by atoms with Crippen LogP contribution in [-0.2, 0) is 6.54 Å². The van der Waals surface area contributed by atoms with E-state index in [4.69, 9.17) is 0 Å². The number of nitrogens with one attached hydrogen (secondary N) is 1. The molecule has 1 unspecified atom stereocenters. The summed E-state index contributed by atoms with van der Waals surface area (Å²) < 4.78 is 1.19. The highest BCUT2D eigenvalue weighted by atomic mass is 79.9. The Morgan fingerprint density at radius 1 is 1.25 bits per heavy atom. The van der Waals surface area contributed by atoms with E-state index in [0.717, 1.165) is 19.0 Å². The smallest absolute Gasteiger partial charge is 0.0510 e. The van der Waals surface area contributed by atoms with Crippen molar-refractivity contribution >= 4 is 21.6 Å². The van der Waals surface area contributed by atoms with Crippen LogP contribution in [0.1, 0.15) is 46.1 Å². The van der Waals surface area contributed by atoms with Gasteiger partial charge in [-0.15, -0.1) is 0 Å². The Kier molecular flexibility index (Phi) is 7.60. The first-order valence-corrected chi connectivity index (χ1v) is 8.47. The van der Waals surface area contributed by atoms with Crippen LogP contribution in [0.5, 0.6) is 0 Å². The molecule has 2 nitrogen and oxygen atoms in total. The number of benzene rings is 1. The van der Waals surface area contributed by atoms with Crippen LogP contribution in [0.3, 0.4) is 0 Å². The fraction of sp³-hybridized carbons (Fsp3) is 0.647. The van der Waals surface area contributed by atoms with E-state index in [9.17, 15) is 0 Å². The van der Waals surface area contributed by atoms with Crippen molar-refractivity contribution in [2.75, 3.05) is 18.5 Å². The Balaban J connectivity index is 2.71. The van der Waals surface area contributed by atoms with E-state index in [1.807, 2.05) is 0 Å². The van der Waals surface area contributed by atoms with Gasteiger partial charge in [-0.1, -0.05) is 26.8 Å². The number of halogens is 1. The van der Waals surface area contributed by atoms with Crippen molar-refractivity contribution in [3.8, 4) is 0 Å². The molecule has 0 aliphatic heterocycles. The van der Waals surface area contributed by atoms with Crippen LogP contribution in [0.2, 0.25) is 0 Å². The van der Waals surface area contributed by atoms with Gasteiger partial charge in [0, 0.05) is 24.1 Å². The van der Waals surface area contributed by atoms with Gasteiger partial charge in [0.05, 0.1) is 5.69 Å². The lowest BCUT2D eigenvalue weighted by Crippen LogP contribution is -2.30. The second-order valence-corrected chi connectivity index (χ2v) is 6.91. The molecule has 114 valence electrons. The molecule has 0 radical (unpaired) electrons. The maximum Gasteiger partial charge on any atom is 0.0510 e. The van der Waals surface area contributed by atoms with Crippen molar-refractivity contribution < 1.29 is 0 Å². The zero-order chi connectivity index (χ0) is 15.1. The fourth-order valence-corrected chi connectivity index (χ4v) is 3.14. The average Bonchev–Trinajstić information content (AvgIpc) is 2.37. The summed E-state index contributed by atoms with van der Waals surface area (Å²) in [6.07, 6.45) is 2.39. The van der Waals surface area contributed by atoms with Gasteiger partial charge in [-0.25, -0.2) is 0 Å². The first-order chi connectivity index (χ1) is 9.45. The molecule has 1 aromatic carbocycles. The van der Waals surface area contributed by atoms with Crippen molar-refractivity contribution in [1.29, 1.82) is 0 Å². The Bertz CT molecular complexity index is 404. The summed E-state index contributed by atoms with van der Waals surface area (Å²) in [5.74, 6) is 0.726. The third-order valence-electron chi connectivity index (χ3n) is 3.62. The number of hydrogen-bond acceptors (Lipinski definition) is 2. The van der Waals surface area contributed by atoms with Crippen LogP contribution in [0.15, 0.2) is 22.7 Å². The van der Waals surface area contributed by atoms with Crippen LogP contribution < -0.4 is 10.2 Å². The van der Waals surface area contributed by atoms with E-state index in [1.165, 1.54) is 28.6 Å². The topological polar surface area (TPSA) is 15.3 Å². The van der Waals surface area contributed by atoms with Crippen LogP contribution >= 0.6 is 15.9 Å². The molecule has 0 aliphatic rings. The fourth-order valence-electron chi connectivity index (χ4n) is 2.43. The van der Waals surface area contributed by atoms with E-state index in [2.05, 4.69) is 79.1 Å². The molecule has 0 amide bonds. The quantitative estimate of drug-likeness (QED) is 0.682. The second-order valence-electron chi connectivity index (χ2n) is 6.05. The highest BCUT2D eigenvalue weighted by Crippen LogP contribution is 2.29. The molecular weight excluding hydrogens is 312 g/mol. The standard InChI is InChI=1S/C17H29BrN2/c1-6-9-19-12-15-7-8-17(16(18)11-15)20(5)14(4)10-13(2)3/h7-8,11,13-14,19H,6,9-10,12H2,1-5H3. The minimum absolute atomic E-state index is 0.551. The third kappa shape index (κ3) is 5.45. The summed E-state index contributed by atoms with van der Waals surface area (Å²) in [6.45, 7) is 11.1. The van der Waals surface area contributed by atoms with Gasteiger partial charge in [-0.2, -0.15) is 0 Å². The maximum absolute atomic E-state index is 3.72. The van der Waals surface area contributed by atoms with E-state index < -0.39 is 0 Å². The van der Waals surface area contributed by atoms with Gasteiger partial charge in [-0.05, 0) is 65.9 Å². The average molecular weight is 341 g/mol. The molecule has 0 fully saturated rings. The molecular formula is C17H29BrN2. The number of hydrogen-bond donors (Lipinski definition) is 1. The molecule has 1 aromatic rings. The molecule has 0 aliphatic carbocycles. The first-order valence-electron chi connectivity index (χ1n) is 7.67. The Labute approximate surface area is 133 Å². The van der Waals surface area contributed by atoms with E-state index in [-0.39, 0.29) is 0 Å². The summed E-state index contributed by atoms with van der Waals surface area (Å²) in [4.78, 5) is 2.37. The van der Waals surface area contributed by atoms with Crippen molar-refractivity contribution in [3.05, 3.63) is 28.2 Å². The Hall–Kier alpha value is -0.540.